The smallest absolute Gasteiger partial charge is 0.325 e. The van der Waals surface area contributed by atoms with Crippen LogP contribution >= 0.6 is 23.2 Å². The number of pyridine rings is 1. The fourth-order valence-electron chi connectivity index (χ4n) is 2.70. The number of hydrogen-bond acceptors (Lipinski definition) is 3. The fraction of sp³-hybridized carbons (Fsp3) is 0.235. The molecule has 2 aromatic rings. The summed E-state index contributed by atoms with van der Waals surface area (Å²) >= 11 is 11.9. The van der Waals surface area contributed by atoms with Crippen molar-refractivity contribution in [1.82, 2.24) is 15.2 Å². The third-order valence-corrected chi connectivity index (χ3v) is 4.74. The molecular formula is C17H15Cl2FN4O2. The van der Waals surface area contributed by atoms with Crippen molar-refractivity contribution >= 4 is 40.8 Å². The molecule has 9 heteroatoms. The Kier molecular flexibility index (Phi) is 5.29. The van der Waals surface area contributed by atoms with Crippen LogP contribution in [-0.4, -0.2) is 41.5 Å². The van der Waals surface area contributed by atoms with E-state index in [1.165, 1.54) is 29.1 Å². The molecule has 6 nitrogen and oxygen atoms in total. The van der Waals surface area contributed by atoms with Crippen molar-refractivity contribution < 1.29 is 14.0 Å². The molecule has 0 bridgehead atoms. The Balaban J connectivity index is 1.69. The number of nitrogens with one attached hydrogen (secondary N) is 1. The molecular weight excluding hydrogens is 382 g/mol. The molecule has 2 heterocycles. The molecule has 26 heavy (non-hydrogen) atoms. The van der Waals surface area contributed by atoms with Crippen LogP contribution in [0.1, 0.15) is 5.56 Å². The molecule has 0 radical (unpaired) electrons. The maximum atomic E-state index is 13.3. The van der Waals surface area contributed by atoms with E-state index in [-0.39, 0.29) is 25.0 Å². The van der Waals surface area contributed by atoms with E-state index in [2.05, 4.69) is 10.3 Å². The Hall–Kier alpha value is -2.38. The van der Waals surface area contributed by atoms with E-state index in [1.54, 1.807) is 18.2 Å². The Labute approximate surface area is 159 Å². The fourth-order valence-corrected chi connectivity index (χ4v) is 3.17. The second kappa shape index (κ2) is 7.47. The van der Waals surface area contributed by atoms with Gasteiger partial charge in [0, 0.05) is 35.9 Å². The van der Waals surface area contributed by atoms with Crippen LogP contribution in [-0.2, 0) is 11.3 Å². The summed E-state index contributed by atoms with van der Waals surface area (Å²) in [7, 11) is 1.53. The quantitative estimate of drug-likeness (QED) is 0.807. The molecule has 3 rings (SSSR count). The van der Waals surface area contributed by atoms with E-state index in [0.717, 1.165) is 6.07 Å². The van der Waals surface area contributed by atoms with Gasteiger partial charge in [0.2, 0.25) is 11.9 Å². The zero-order valence-electron chi connectivity index (χ0n) is 13.7. The van der Waals surface area contributed by atoms with Crippen molar-refractivity contribution in [2.45, 2.75) is 12.6 Å². The van der Waals surface area contributed by atoms with E-state index in [1.807, 2.05) is 0 Å². The van der Waals surface area contributed by atoms with Crippen LogP contribution < -0.4 is 10.2 Å². The summed E-state index contributed by atoms with van der Waals surface area (Å²) in [6.07, 6.45) is 1.27. The SMILES string of the molecule is CN1C(=O)N(c2ccnc(F)c2)CC1C(=O)NCc1ccc(Cl)cc1Cl. The van der Waals surface area contributed by atoms with Gasteiger partial charge in [-0.15, -0.1) is 0 Å². The van der Waals surface area contributed by atoms with Gasteiger partial charge in [0.25, 0.3) is 0 Å². The van der Waals surface area contributed by atoms with Crippen LogP contribution in [0.3, 0.4) is 0 Å². The zero-order valence-corrected chi connectivity index (χ0v) is 15.3. The molecule has 1 unspecified atom stereocenters. The van der Waals surface area contributed by atoms with Gasteiger partial charge in [-0.05, 0) is 23.8 Å². The number of urea groups is 1. The largest absolute Gasteiger partial charge is 0.350 e. The lowest BCUT2D eigenvalue weighted by Crippen LogP contribution is -2.43. The lowest BCUT2D eigenvalue weighted by Gasteiger charge is -2.17. The molecule has 0 aliphatic carbocycles. The minimum absolute atomic E-state index is 0.110. The first kappa shape index (κ1) is 18.4. The monoisotopic (exact) mass is 396 g/mol. The van der Waals surface area contributed by atoms with Crippen LogP contribution in [0, 0.1) is 5.95 Å². The molecule has 1 N–H and O–H groups in total. The third-order valence-electron chi connectivity index (χ3n) is 4.15. The summed E-state index contributed by atoms with van der Waals surface area (Å²) in [5, 5.41) is 3.71. The van der Waals surface area contributed by atoms with Gasteiger partial charge >= 0.3 is 6.03 Å². The van der Waals surface area contributed by atoms with Crippen molar-refractivity contribution in [2.24, 2.45) is 0 Å². The minimum atomic E-state index is -0.704. The molecule has 1 aliphatic rings. The third kappa shape index (κ3) is 3.73. The van der Waals surface area contributed by atoms with Crippen LogP contribution in [0.5, 0.6) is 0 Å². The number of carbonyl (C=O) groups is 2. The Morgan fingerprint density at radius 2 is 2.12 bits per heavy atom. The molecule has 1 saturated heterocycles. The number of anilines is 1. The first-order valence-electron chi connectivity index (χ1n) is 7.74. The molecule has 1 aromatic heterocycles. The number of amides is 3. The summed E-state index contributed by atoms with van der Waals surface area (Å²) in [5.74, 6) is -1.02. The standard InChI is InChI=1S/C17H15Cl2FN4O2/c1-23-14(9-24(17(23)26)12-4-5-21-15(20)7-12)16(25)22-8-10-2-3-11(18)6-13(10)19/h2-7,14H,8-9H2,1H3,(H,22,25). The summed E-state index contributed by atoms with van der Waals surface area (Å²) < 4.78 is 13.3. The molecule has 1 atom stereocenters. The normalized spacial score (nSPS) is 16.9. The van der Waals surface area contributed by atoms with Crippen LogP contribution in [0.15, 0.2) is 36.5 Å². The van der Waals surface area contributed by atoms with Crippen molar-refractivity contribution in [3.8, 4) is 0 Å². The van der Waals surface area contributed by atoms with Gasteiger partial charge in [-0.1, -0.05) is 29.3 Å². The molecule has 0 spiro atoms. The van der Waals surface area contributed by atoms with Crippen molar-refractivity contribution in [1.29, 1.82) is 0 Å². The van der Waals surface area contributed by atoms with E-state index in [0.29, 0.717) is 21.3 Å². The summed E-state index contributed by atoms with van der Waals surface area (Å²) in [5.41, 5.74) is 1.06. The highest BCUT2D eigenvalue weighted by atomic mass is 35.5. The maximum Gasteiger partial charge on any atom is 0.325 e. The van der Waals surface area contributed by atoms with Gasteiger partial charge in [0.1, 0.15) is 6.04 Å². The van der Waals surface area contributed by atoms with Gasteiger partial charge in [0.05, 0.1) is 12.2 Å². The van der Waals surface area contributed by atoms with Crippen molar-refractivity contribution in [3.63, 3.8) is 0 Å². The van der Waals surface area contributed by atoms with Gasteiger partial charge < -0.3 is 10.2 Å². The Morgan fingerprint density at radius 3 is 2.81 bits per heavy atom. The molecule has 1 aliphatic heterocycles. The summed E-state index contributed by atoms with van der Waals surface area (Å²) in [4.78, 5) is 31.0. The number of carbonyl (C=O) groups excluding carboxylic acids is 2. The average molecular weight is 397 g/mol. The van der Waals surface area contributed by atoms with E-state index in [9.17, 15) is 14.0 Å². The minimum Gasteiger partial charge on any atom is -0.350 e. The number of nitrogens with zero attached hydrogens (tertiary/aromatic N) is 3. The second-order valence-corrected chi connectivity index (χ2v) is 6.65. The lowest BCUT2D eigenvalue weighted by molar-refractivity contribution is -0.124. The topological polar surface area (TPSA) is 65.5 Å². The molecule has 1 fully saturated rings. The first-order chi connectivity index (χ1) is 12.4. The van der Waals surface area contributed by atoms with Crippen LogP contribution in [0.2, 0.25) is 10.0 Å². The highest BCUT2D eigenvalue weighted by molar-refractivity contribution is 6.35. The molecule has 136 valence electrons. The highest BCUT2D eigenvalue weighted by Crippen LogP contribution is 2.24. The maximum absolute atomic E-state index is 13.3. The average Bonchev–Trinajstić information content (AvgIpc) is 2.89. The van der Waals surface area contributed by atoms with E-state index in [4.69, 9.17) is 23.2 Å². The lowest BCUT2D eigenvalue weighted by atomic mass is 10.2. The molecule has 3 amide bonds. The van der Waals surface area contributed by atoms with Gasteiger partial charge in [-0.25, -0.2) is 9.78 Å². The number of hydrogen-bond donors (Lipinski definition) is 1. The Bertz CT molecular complexity index is 864. The predicted molar refractivity (Wildman–Crippen MR) is 96.8 cm³/mol. The zero-order chi connectivity index (χ0) is 18.8. The van der Waals surface area contributed by atoms with E-state index >= 15 is 0 Å². The number of rotatable bonds is 4. The number of aromatic nitrogens is 1. The Morgan fingerprint density at radius 1 is 1.35 bits per heavy atom. The predicted octanol–water partition coefficient (Wildman–Crippen LogP) is 3.08. The molecule has 0 saturated carbocycles. The molecule has 1 aromatic carbocycles. The number of benzene rings is 1. The van der Waals surface area contributed by atoms with Gasteiger partial charge in [-0.2, -0.15) is 4.39 Å². The summed E-state index contributed by atoms with van der Waals surface area (Å²) in [6.45, 7) is 0.316. The van der Waals surface area contributed by atoms with Crippen LogP contribution in [0.4, 0.5) is 14.9 Å². The van der Waals surface area contributed by atoms with Crippen molar-refractivity contribution in [3.05, 3.63) is 58.1 Å². The van der Waals surface area contributed by atoms with Gasteiger partial charge in [0.15, 0.2) is 0 Å². The number of likely N-dealkylation sites (N-methyl/N-ethyl adjacent to an activating group) is 1. The van der Waals surface area contributed by atoms with Gasteiger partial charge in [-0.3, -0.25) is 9.69 Å². The highest BCUT2D eigenvalue weighted by Gasteiger charge is 2.39. The first-order valence-corrected chi connectivity index (χ1v) is 8.50. The number of halogens is 3. The van der Waals surface area contributed by atoms with Crippen LogP contribution in [0.25, 0.3) is 0 Å². The summed E-state index contributed by atoms with van der Waals surface area (Å²) in [6, 6.07) is 6.57. The second-order valence-electron chi connectivity index (χ2n) is 5.81. The van der Waals surface area contributed by atoms with E-state index < -0.39 is 12.0 Å². The van der Waals surface area contributed by atoms with Crippen molar-refractivity contribution in [2.75, 3.05) is 18.5 Å².